The van der Waals surface area contributed by atoms with Gasteiger partial charge in [-0.05, 0) is 29.1 Å². The van der Waals surface area contributed by atoms with Crippen molar-refractivity contribution in [1.29, 1.82) is 0 Å². The van der Waals surface area contributed by atoms with Crippen LogP contribution in [0.15, 0.2) is 60.8 Å². The fourth-order valence-corrected chi connectivity index (χ4v) is 2.42. The van der Waals surface area contributed by atoms with Crippen LogP contribution < -0.4 is 0 Å². The summed E-state index contributed by atoms with van der Waals surface area (Å²) < 4.78 is 0. The van der Waals surface area contributed by atoms with E-state index in [9.17, 15) is 9.90 Å². The number of pyridine rings is 1. The molecule has 1 amide bonds. The molecule has 0 unspecified atom stereocenters. The van der Waals surface area contributed by atoms with Gasteiger partial charge in [0.2, 0.25) is 0 Å². The van der Waals surface area contributed by atoms with Crippen molar-refractivity contribution >= 4 is 16.7 Å². The van der Waals surface area contributed by atoms with Crippen molar-refractivity contribution in [1.82, 2.24) is 9.88 Å². The second-order valence-corrected chi connectivity index (χ2v) is 5.21. The molecule has 4 heteroatoms. The molecule has 0 radical (unpaired) electrons. The average Bonchev–Trinajstić information content (AvgIpc) is 2.55. The number of phenolic OH excluding ortho intramolecular Hbond substituents is 1. The summed E-state index contributed by atoms with van der Waals surface area (Å²) in [7, 11) is 1.75. The van der Waals surface area contributed by atoms with Gasteiger partial charge in [-0.2, -0.15) is 0 Å². The Kier molecular flexibility index (Phi) is 3.74. The summed E-state index contributed by atoms with van der Waals surface area (Å²) in [5.41, 5.74) is 1.41. The number of rotatable bonds is 3. The Morgan fingerprint density at radius 1 is 1.09 bits per heavy atom. The zero-order valence-electron chi connectivity index (χ0n) is 12.2. The fourth-order valence-electron chi connectivity index (χ4n) is 2.42. The van der Waals surface area contributed by atoms with Gasteiger partial charge in [-0.3, -0.25) is 9.78 Å². The third-order valence-corrected chi connectivity index (χ3v) is 3.58. The van der Waals surface area contributed by atoms with Crippen LogP contribution in [0.3, 0.4) is 0 Å². The van der Waals surface area contributed by atoms with Gasteiger partial charge >= 0.3 is 0 Å². The summed E-state index contributed by atoms with van der Waals surface area (Å²) in [5.74, 6) is 0.0957. The van der Waals surface area contributed by atoms with Gasteiger partial charge in [-0.25, -0.2) is 0 Å². The number of phenols is 1. The summed E-state index contributed by atoms with van der Waals surface area (Å²) >= 11 is 0. The fraction of sp³-hybridized carbons (Fsp3) is 0.111. The molecule has 0 atom stereocenters. The van der Waals surface area contributed by atoms with Crippen molar-refractivity contribution in [2.75, 3.05) is 7.05 Å². The summed E-state index contributed by atoms with van der Waals surface area (Å²) in [6, 6.07) is 16.4. The monoisotopic (exact) mass is 292 g/mol. The molecule has 3 rings (SSSR count). The Bertz CT molecular complexity index is 807. The quantitative estimate of drug-likeness (QED) is 0.806. The van der Waals surface area contributed by atoms with E-state index in [1.807, 2.05) is 30.3 Å². The van der Waals surface area contributed by atoms with E-state index in [1.165, 1.54) is 0 Å². The molecule has 0 fully saturated rings. The van der Waals surface area contributed by atoms with Crippen molar-refractivity contribution in [3.8, 4) is 5.75 Å². The highest BCUT2D eigenvalue weighted by Gasteiger charge is 2.16. The largest absolute Gasteiger partial charge is 0.508 e. The van der Waals surface area contributed by atoms with Crippen LogP contribution >= 0.6 is 0 Å². The minimum atomic E-state index is -0.120. The molecule has 4 nitrogen and oxygen atoms in total. The van der Waals surface area contributed by atoms with Crippen molar-refractivity contribution in [2.24, 2.45) is 0 Å². The highest BCUT2D eigenvalue weighted by atomic mass is 16.3. The van der Waals surface area contributed by atoms with E-state index in [2.05, 4.69) is 4.98 Å². The number of amides is 1. The van der Waals surface area contributed by atoms with E-state index in [0.29, 0.717) is 12.2 Å². The van der Waals surface area contributed by atoms with Gasteiger partial charge in [0.05, 0.1) is 0 Å². The first-order chi connectivity index (χ1) is 10.6. The number of carbonyl (C=O) groups excluding carboxylic acids is 1. The number of benzene rings is 2. The van der Waals surface area contributed by atoms with Gasteiger partial charge in [0.15, 0.2) is 0 Å². The van der Waals surface area contributed by atoms with Crippen LogP contribution in [0.2, 0.25) is 0 Å². The van der Waals surface area contributed by atoms with E-state index >= 15 is 0 Å². The van der Waals surface area contributed by atoms with E-state index < -0.39 is 0 Å². The SMILES string of the molecule is CN(Cc1ccc(O)cc1)C(=O)c1nccc2ccccc12. The highest BCUT2D eigenvalue weighted by molar-refractivity contribution is 6.04. The van der Waals surface area contributed by atoms with Crippen LogP contribution in [-0.4, -0.2) is 27.9 Å². The molecule has 1 heterocycles. The third kappa shape index (κ3) is 2.76. The lowest BCUT2D eigenvalue weighted by molar-refractivity contribution is 0.0781. The van der Waals surface area contributed by atoms with Crippen molar-refractivity contribution in [3.05, 3.63) is 72.1 Å². The Morgan fingerprint density at radius 3 is 2.59 bits per heavy atom. The molecule has 0 saturated carbocycles. The summed E-state index contributed by atoms with van der Waals surface area (Å²) in [4.78, 5) is 18.5. The van der Waals surface area contributed by atoms with Gasteiger partial charge < -0.3 is 10.0 Å². The molecule has 0 aliphatic rings. The van der Waals surface area contributed by atoms with Crippen molar-refractivity contribution < 1.29 is 9.90 Å². The number of aromatic nitrogens is 1. The maximum atomic E-state index is 12.6. The molecule has 0 saturated heterocycles. The number of nitrogens with zero attached hydrogens (tertiary/aromatic N) is 2. The second-order valence-electron chi connectivity index (χ2n) is 5.21. The van der Waals surface area contributed by atoms with E-state index in [4.69, 9.17) is 0 Å². The van der Waals surface area contributed by atoms with Gasteiger partial charge in [0.25, 0.3) is 5.91 Å². The Balaban J connectivity index is 1.87. The number of hydrogen-bond acceptors (Lipinski definition) is 3. The second kappa shape index (κ2) is 5.85. The van der Waals surface area contributed by atoms with Crippen LogP contribution in [0.5, 0.6) is 5.75 Å². The van der Waals surface area contributed by atoms with Crippen LogP contribution in [0.4, 0.5) is 0 Å². The van der Waals surface area contributed by atoms with Crippen LogP contribution in [0.25, 0.3) is 10.8 Å². The molecule has 0 spiro atoms. The lowest BCUT2D eigenvalue weighted by atomic mass is 10.1. The standard InChI is InChI=1S/C18H16N2O2/c1-20(12-13-6-8-15(21)9-7-13)18(22)17-16-5-3-2-4-14(16)10-11-19-17/h2-11,21H,12H2,1H3. The lowest BCUT2D eigenvalue weighted by Gasteiger charge is -2.17. The van der Waals surface area contributed by atoms with Gasteiger partial charge in [-0.1, -0.05) is 36.4 Å². The van der Waals surface area contributed by atoms with Gasteiger partial charge in [0, 0.05) is 25.2 Å². The molecule has 0 aliphatic heterocycles. The number of hydrogen-bond donors (Lipinski definition) is 1. The lowest BCUT2D eigenvalue weighted by Crippen LogP contribution is -2.27. The molecular formula is C18H16N2O2. The first kappa shape index (κ1) is 14.1. The normalized spacial score (nSPS) is 10.6. The maximum Gasteiger partial charge on any atom is 0.273 e. The molecule has 0 aliphatic carbocycles. The predicted octanol–water partition coefficient (Wildman–Crippen LogP) is 3.21. The number of aromatic hydroxyl groups is 1. The van der Waals surface area contributed by atoms with Crippen LogP contribution in [0, 0.1) is 0 Å². The van der Waals surface area contributed by atoms with Crippen LogP contribution in [-0.2, 0) is 6.54 Å². The predicted molar refractivity (Wildman–Crippen MR) is 85.6 cm³/mol. The van der Waals surface area contributed by atoms with E-state index in [0.717, 1.165) is 16.3 Å². The first-order valence-electron chi connectivity index (χ1n) is 7.02. The topological polar surface area (TPSA) is 53.4 Å². The summed E-state index contributed by atoms with van der Waals surface area (Å²) in [5, 5.41) is 11.2. The number of fused-ring (bicyclic) bond motifs is 1. The minimum absolute atomic E-state index is 0.120. The molecule has 1 aromatic heterocycles. The summed E-state index contributed by atoms with van der Waals surface area (Å²) in [6.07, 6.45) is 1.66. The Hall–Kier alpha value is -2.88. The molecule has 1 N–H and O–H groups in total. The zero-order chi connectivity index (χ0) is 15.5. The molecule has 110 valence electrons. The molecule has 22 heavy (non-hydrogen) atoms. The molecule has 2 aromatic carbocycles. The van der Waals surface area contributed by atoms with Crippen molar-refractivity contribution in [2.45, 2.75) is 6.54 Å². The first-order valence-corrected chi connectivity index (χ1v) is 7.02. The molecular weight excluding hydrogens is 276 g/mol. The number of carbonyl (C=O) groups is 1. The Morgan fingerprint density at radius 2 is 1.82 bits per heavy atom. The third-order valence-electron chi connectivity index (χ3n) is 3.58. The zero-order valence-corrected chi connectivity index (χ0v) is 12.2. The highest BCUT2D eigenvalue weighted by Crippen LogP contribution is 2.18. The minimum Gasteiger partial charge on any atom is -0.508 e. The average molecular weight is 292 g/mol. The molecule has 0 bridgehead atoms. The smallest absolute Gasteiger partial charge is 0.273 e. The maximum absolute atomic E-state index is 12.6. The van der Waals surface area contributed by atoms with Gasteiger partial charge in [-0.15, -0.1) is 0 Å². The van der Waals surface area contributed by atoms with Crippen molar-refractivity contribution in [3.63, 3.8) is 0 Å². The van der Waals surface area contributed by atoms with Gasteiger partial charge in [0.1, 0.15) is 11.4 Å². The molecule has 3 aromatic rings. The Labute approximate surface area is 128 Å². The van der Waals surface area contributed by atoms with E-state index in [-0.39, 0.29) is 11.7 Å². The summed E-state index contributed by atoms with van der Waals surface area (Å²) in [6.45, 7) is 0.462. The van der Waals surface area contributed by atoms with Crippen LogP contribution in [0.1, 0.15) is 16.1 Å². The van der Waals surface area contributed by atoms with E-state index in [1.54, 1.807) is 42.4 Å².